The average Bonchev–Trinajstić information content (AvgIpc) is 2.21. The lowest BCUT2D eigenvalue weighted by Crippen LogP contribution is -2.33. The molecule has 0 unspecified atom stereocenters. The van der Waals surface area contributed by atoms with Gasteiger partial charge >= 0.3 is 0 Å². The Kier molecular flexibility index (Phi) is 5.01. The predicted octanol–water partition coefficient (Wildman–Crippen LogP) is 2.24. The van der Waals surface area contributed by atoms with Crippen LogP contribution in [0.3, 0.4) is 0 Å². The molecule has 0 aliphatic carbocycles. The van der Waals surface area contributed by atoms with Crippen molar-refractivity contribution in [1.29, 1.82) is 0 Å². The summed E-state index contributed by atoms with van der Waals surface area (Å²) in [5.41, 5.74) is 7.50. The molecule has 0 saturated carbocycles. The molecule has 0 heterocycles. The molecule has 0 aliphatic heterocycles. The van der Waals surface area contributed by atoms with E-state index in [1.807, 2.05) is 20.8 Å². The number of rotatable bonds is 5. The molecule has 18 heavy (non-hydrogen) atoms. The number of nitrogens with one attached hydrogen (secondary N) is 2. The Morgan fingerprint density at radius 1 is 1.39 bits per heavy atom. The van der Waals surface area contributed by atoms with Crippen LogP contribution >= 0.6 is 15.9 Å². The van der Waals surface area contributed by atoms with Crippen molar-refractivity contribution in [2.24, 2.45) is 5.92 Å². The van der Waals surface area contributed by atoms with E-state index in [0.29, 0.717) is 22.4 Å². The molecule has 0 atom stereocenters. The van der Waals surface area contributed by atoms with Crippen LogP contribution in [0.15, 0.2) is 16.6 Å². The Hall–Kier alpha value is -0.790. The first-order chi connectivity index (χ1) is 8.21. The fraction of sp³-hybridized carbons (Fsp3) is 0.455. The second-order valence-electron chi connectivity index (χ2n) is 4.56. The normalized spacial score (nSPS) is 11.8. The molecular formula is C11H18BrN3O2S. The monoisotopic (exact) mass is 335 g/mol. The van der Waals surface area contributed by atoms with Gasteiger partial charge in [-0.15, -0.1) is 0 Å². The Bertz CT molecular complexity index is 506. The van der Waals surface area contributed by atoms with E-state index >= 15 is 0 Å². The maximum Gasteiger partial charge on any atom is 0.299 e. The van der Waals surface area contributed by atoms with Gasteiger partial charge in [0, 0.05) is 11.0 Å². The Balaban J connectivity index is 2.91. The zero-order valence-corrected chi connectivity index (χ0v) is 13.0. The van der Waals surface area contributed by atoms with Crippen LogP contribution in [0.1, 0.15) is 19.4 Å². The lowest BCUT2D eigenvalue weighted by atomic mass is 10.2. The van der Waals surface area contributed by atoms with Gasteiger partial charge in [0.05, 0.1) is 11.4 Å². The van der Waals surface area contributed by atoms with Gasteiger partial charge in [0.15, 0.2) is 0 Å². The third kappa shape index (κ3) is 4.47. The fourth-order valence-electron chi connectivity index (χ4n) is 1.32. The number of aryl methyl sites for hydroxylation is 1. The van der Waals surface area contributed by atoms with Crippen molar-refractivity contribution in [2.75, 3.05) is 17.0 Å². The van der Waals surface area contributed by atoms with Gasteiger partial charge in [-0.3, -0.25) is 4.72 Å². The molecular weight excluding hydrogens is 318 g/mol. The van der Waals surface area contributed by atoms with Crippen LogP contribution in [0.4, 0.5) is 11.4 Å². The van der Waals surface area contributed by atoms with Crippen LogP contribution in [-0.2, 0) is 10.2 Å². The highest BCUT2D eigenvalue weighted by atomic mass is 79.9. The standard InChI is InChI=1S/C11H18BrN3O2S/c1-7(2)6-14-18(16,17)15-11-9(12)4-8(3)5-10(11)13/h4-5,7,14-15H,6,13H2,1-3H3. The molecule has 1 aromatic carbocycles. The Labute approximate surface area is 116 Å². The first kappa shape index (κ1) is 15.3. The highest BCUT2D eigenvalue weighted by Gasteiger charge is 2.14. The van der Waals surface area contributed by atoms with Gasteiger partial charge in [0.2, 0.25) is 0 Å². The summed E-state index contributed by atoms with van der Waals surface area (Å²) in [4.78, 5) is 0. The van der Waals surface area contributed by atoms with Crippen molar-refractivity contribution >= 4 is 37.5 Å². The molecule has 0 spiro atoms. The second-order valence-corrected chi connectivity index (χ2v) is 6.91. The third-order valence-corrected chi connectivity index (χ3v) is 3.83. The largest absolute Gasteiger partial charge is 0.397 e. The van der Waals surface area contributed by atoms with Crippen molar-refractivity contribution < 1.29 is 8.42 Å². The van der Waals surface area contributed by atoms with Crippen molar-refractivity contribution in [3.05, 3.63) is 22.2 Å². The first-order valence-corrected chi connectivity index (χ1v) is 7.82. The van der Waals surface area contributed by atoms with E-state index in [2.05, 4.69) is 25.4 Å². The summed E-state index contributed by atoms with van der Waals surface area (Å²) < 4.78 is 29.1. The van der Waals surface area contributed by atoms with Crippen LogP contribution < -0.4 is 15.2 Å². The SMILES string of the molecule is Cc1cc(N)c(NS(=O)(=O)NCC(C)C)c(Br)c1. The van der Waals surface area contributed by atoms with Gasteiger partial charge in [-0.2, -0.15) is 13.1 Å². The van der Waals surface area contributed by atoms with Gasteiger partial charge in [0.1, 0.15) is 0 Å². The fourth-order valence-corrected chi connectivity index (χ4v) is 3.27. The molecule has 0 amide bonds. The quantitative estimate of drug-likeness (QED) is 0.721. The number of halogens is 1. The van der Waals surface area contributed by atoms with E-state index in [0.717, 1.165) is 5.56 Å². The van der Waals surface area contributed by atoms with Crippen molar-refractivity contribution in [3.8, 4) is 0 Å². The molecule has 4 N–H and O–H groups in total. The van der Waals surface area contributed by atoms with Crippen molar-refractivity contribution in [1.82, 2.24) is 4.72 Å². The van der Waals surface area contributed by atoms with Crippen LogP contribution in [0.5, 0.6) is 0 Å². The lowest BCUT2D eigenvalue weighted by Gasteiger charge is -2.14. The summed E-state index contributed by atoms with van der Waals surface area (Å²) in [6.45, 7) is 6.12. The smallest absolute Gasteiger partial charge is 0.299 e. The summed E-state index contributed by atoms with van der Waals surface area (Å²) in [5, 5.41) is 0. The van der Waals surface area contributed by atoms with E-state index in [1.165, 1.54) is 0 Å². The first-order valence-electron chi connectivity index (χ1n) is 5.54. The minimum atomic E-state index is -3.60. The Morgan fingerprint density at radius 2 is 2.00 bits per heavy atom. The highest BCUT2D eigenvalue weighted by molar-refractivity contribution is 9.10. The molecule has 5 nitrogen and oxygen atoms in total. The average molecular weight is 336 g/mol. The van der Waals surface area contributed by atoms with E-state index in [9.17, 15) is 8.42 Å². The summed E-state index contributed by atoms with van der Waals surface area (Å²) in [6, 6.07) is 3.52. The van der Waals surface area contributed by atoms with E-state index < -0.39 is 10.2 Å². The summed E-state index contributed by atoms with van der Waals surface area (Å²) >= 11 is 3.30. The molecule has 0 saturated heterocycles. The van der Waals surface area contributed by atoms with Gasteiger partial charge in [-0.05, 0) is 46.5 Å². The van der Waals surface area contributed by atoms with Crippen LogP contribution in [0.2, 0.25) is 0 Å². The number of hydrogen-bond acceptors (Lipinski definition) is 3. The highest BCUT2D eigenvalue weighted by Crippen LogP contribution is 2.30. The minimum absolute atomic E-state index is 0.236. The van der Waals surface area contributed by atoms with E-state index in [4.69, 9.17) is 5.73 Å². The molecule has 0 fully saturated rings. The molecule has 1 rings (SSSR count). The second kappa shape index (κ2) is 5.90. The molecule has 1 aromatic rings. The van der Waals surface area contributed by atoms with Crippen molar-refractivity contribution in [2.45, 2.75) is 20.8 Å². The van der Waals surface area contributed by atoms with Crippen LogP contribution in [0, 0.1) is 12.8 Å². The van der Waals surface area contributed by atoms with E-state index in [1.54, 1.807) is 12.1 Å². The van der Waals surface area contributed by atoms with Crippen LogP contribution in [-0.4, -0.2) is 15.0 Å². The zero-order valence-electron chi connectivity index (χ0n) is 10.6. The van der Waals surface area contributed by atoms with Gasteiger partial charge in [-0.25, -0.2) is 0 Å². The summed E-state index contributed by atoms with van der Waals surface area (Å²) in [5.74, 6) is 0.236. The molecule has 102 valence electrons. The zero-order chi connectivity index (χ0) is 13.9. The molecule has 0 radical (unpaired) electrons. The van der Waals surface area contributed by atoms with Gasteiger partial charge in [0.25, 0.3) is 10.2 Å². The third-order valence-electron chi connectivity index (χ3n) is 2.18. The maximum atomic E-state index is 11.8. The van der Waals surface area contributed by atoms with E-state index in [-0.39, 0.29) is 5.92 Å². The van der Waals surface area contributed by atoms with Crippen LogP contribution in [0.25, 0.3) is 0 Å². The number of nitrogens with two attached hydrogens (primary N) is 1. The van der Waals surface area contributed by atoms with Gasteiger partial charge < -0.3 is 5.73 Å². The number of hydrogen-bond donors (Lipinski definition) is 3. The topological polar surface area (TPSA) is 84.2 Å². The molecule has 7 heteroatoms. The Morgan fingerprint density at radius 3 is 2.50 bits per heavy atom. The predicted molar refractivity (Wildman–Crippen MR) is 78.7 cm³/mol. The molecule has 0 bridgehead atoms. The molecule has 0 aromatic heterocycles. The summed E-state index contributed by atoms with van der Waals surface area (Å²) in [7, 11) is -3.60. The number of benzene rings is 1. The summed E-state index contributed by atoms with van der Waals surface area (Å²) in [6.07, 6.45) is 0. The lowest BCUT2D eigenvalue weighted by molar-refractivity contribution is 0.565. The minimum Gasteiger partial charge on any atom is -0.397 e. The maximum absolute atomic E-state index is 11.8. The molecule has 0 aliphatic rings. The number of anilines is 2. The van der Waals surface area contributed by atoms with Gasteiger partial charge in [-0.1, -0.05) is 13.8 Å². The number of nitrogen functional groups attached to an aromatic ring is 1. The van der Waals surface area contributed by atoms with Crippen molar-refractivity contribution in [3.63, 3.8) is 0 Å².